The monoisotopic (exact) mass is 781 g/mol. The molecular weight excluding hydrogens is 681 g/mol. The summed E-state index contributed by atoms with van der Waals surface area (Å²) in [7, 11) is 4.32. The van der Waals surface area contributed by atoms with Gasteiger partial charge in [0.1, 0.15) is 0 Å². The van der Waals surface area contributed by atoms with Gasteiger partial charge in [-0.15, -0.1) is 0 Å². The molecule has 56 heavy (non-hydrogen) atoms. The highest BCUT2D eigenvalue weighted by Crippen LogP contribution is 2.24. The van der Waals surface area contributed by atoms with Crippen molar-refractivity contribution in [2.45, 2.75) is 240 Å². The Bertz CT molecular complexity index is 917. The molecule has 0 aromatic rings. The Labute approximate surface area is 353 Å². The summed E-state index contributed by atoms with van der Waals surface area (Å²) in [4.78, 5) is 18.6. The predicted molar refractivity (Wildman–Crippen MR) is 254 cm³/mol. The zero-order valence-electron chi connectivity index (χ0n) is 39.0. The summed E-state index contributed by atoms with van der Waals surface area (Å²) < 4.78 is 0. The van der Waals surface area contributed by atoms with E-state index in [-0.39, 0.29) is 5.92 Å². The lowest BCUT2D eigenvalue weighted by Gasteiger charge is -2.31. The zero-order chi connectivity index (χ0) is 41.0. The molecule has 0 spiro atoms. The first-order chi connectivity index (χ1) is 27.5. The number of unbranched alkanes of at least 4 members (excludes halogenated alkanes) is 21. The smallest absolute Gasteiger partial charge is 0.225 e. The molecule has 3 heteroatoms. The van der Waals surface area contributed by atoms with Gasteiger partial charge >= 0.3 is 0 Å². The van der Waals surface area contributed by atoms with Crippen LogP contribution in [0.5, 0.6) is 0 Å². The van der Waals surface area contributed by atoms with Crippen molar-refractivity contribution in [2.24, 2.45) is 11.8 Å². The summed E-state index contributed by atoms with van der Waals surface area (Å²) >= 11 is 0. The third-order valence-corrected chi connectivity index (χ3v) is 11.7. The van der Waals surface area contributed by atoms with Crippen molar-refractivity contribution in [3.63, 3.8) is 0 Å². The highest BCUT2D eigenvalue weighted by molar-refractivity contribution is 5.78. The van der Waals surface area contributed by atoms with Gasteiger partial charge in [0.2, 0.25) is 5.91 Å². The maximum Gasteiger partial charge on any atom is 0.225 e. The zero-order valence-corrected chi connectivity index (χ0v) is 39.0. The molecule has 1 amide bonds. The van der Waals surface area contributed by atoms with E-state index >= 15 is 0 Å². The largest absolute Gasteiger partial charge is 0.342 e. The van der Waals surface area contributed by atoms with Crippen molar-refractivity contribution < 1.29 is 4.79 Å². The van der Waals surface area contributed by atoms with Crippen molar-refractivity contribution in [1.29, 1.82) is 0 Å². The predicted octanol–water partition coefficient (Wildman–Crippen LogP) is 16.8. The molecule has 0 fully saturated rings. The van der Waals surface area contributed by atoms with Crippen LogP contribution in [-0.2, 0) is 4.79 Å². The number of hydrogen-bond donors (Lipinski definition) is 0. The fourth-order valence-corrected chi connectivity index (χ4v) is 7.93. The third-order valence-electron chi connectivity index (χ3n) is 11.7. The fraction of sp³-hybridized carbons (Fsp3) is 0.830. The van der Waals surface area contributed by atoms with Crippen LogP contribution in [0.3, 0.4) is 0 Å². The van der Waals surface area contributed by atoms with Gasteiger partial charge in [-0.25, -0.2) is 0 Å². The summed E-state index contributed by atoms with van der Waals surface area (Å²) in [5.74, 6) is 1.31. The van der Waals surface area contributed by atoms with Crippen LogP contribution in [0.25, 0.3) is 0 Å². The average Bonchev–Trinajstić information content (AvgIpc) is 3.19. The Kier molecular flexibility index (Phi) is 43.2. The van der Waals surface area contributed by atoms with Crippen LogP contribution in [0.2, 0.25) is 0 Å². The molecule has 0 aliphatic heterocycles. The Hall–Kier alpha value is -1.61. The molecule has 0 N–H and O–H groups in total. The number of carbonyl (C=O) groups is 1. The molecular formula is C53H100N2O. The van der Waals surface area contributed by atoms with Crippen molar-refractivity contribution in [3.8, 4) is 0 Å². The van der Waals surface area contributed by atoms with Gasteiger partial charge in [0.15, 0.2) is 0 Å². The van der Waals surface area contributed by atoms with E-state index in [1.165, 1.54) is 180 Å². The lowest BCUT2D eigenvalue weighted by molar-refractivity contribution is -0.136. The SMILES string of the molecule is CCCCC/C=C\C/C=C\CCCCCCCCCC(CCCCCCCC/C=C\C/C=C\CCCCC)CN(CCCN(C)C)C(=O)C(CC)CCCCC. The van der Waals surface area contributed by atoms with E-state index in [9.17, 15) is 4.79 Å². The molecule has 0 saturated heterocycles. The molecule has 0 aliphatic carbocycles. The minimum absolute atomic E-state index is 0.205. The number of nitrogens with zero attached hydrogens (tertiary/aromatic N) is 2. The van der Waals surface area contributed by atoms with Gasteiger partial charge in [0, 0.05) is 19.0 Å². The van der Waals surface area contributed by atoms with Crippen LogP contribution < -0.4 is 0 Å². The molecule has 3 nitrogen and oxygen atoms in total. The van der Waals surface area contributed by atoms with Gasteiger partial charge in [0.05, 0.1) is 0 Å². The van der Waals surface area contributed by atoms with Gasteiger partial charge in [-0.3, -0.25) is 4.79 Å². The Morgan fingerprint density at radius 1 is 0.429 bits per heavy atom. The first kappa shape index (κ1) is 54.4. The van der Waals surface area contributed by atoms with E-state index in [2.05, 4.69) is 100 Å². The topological polar surface area (TPSA) is 23.6 Å². The van der Waals surface area contributed by atoms with Crippen molar-refractivity contribution in [3.05, 3.63) is 48.6 Å². The third kappa shape index (κ3) is 37.9. The van der Waals surface area contributed by atoms with E-state index in [0.29, 0.717) is 11.8 Å². The second kappa shape index (κ2) is 44.5. The first-order valence-electron chi connectivity index (χ1n) is 25.0. The van der Waals surface area contributed by atoms with E-state index in [1.54, 1.807) is 0 Å². The lowest BCUT2D eigenvalue weighted by atomic mass is 9.92. The number of allylic oxidation sites excluding steroid dienone is 8. The molecule has 2 unspecified atom stereocenters. The highest BCUT2D eigenvalue weighted by Gasteiger charge is 2.25. The summed E-state index contributed by atoms with van der Waals surface area (Å²) in [6, 6.07) is 0. The molecule has 0 saturated carbocycles. The first-order valence-corrected chi connectivity index (χ1v) is 25.0. The number of amides is 1. The van der Waals surface area contributed by atoms with Gasteiger partial charge in [-0.2, -0.15) is 0 Å². The fourth-order valence-electron chi connectivity index (χ4n) is 7.93. The standard InChI is InChI=1S/C53H100N2O/c1-7-11-14-16-18-20-22-24-26-28-30-32-34-36-38-40-43-46-51(45-42-39-37-35-33-31-29-27-25-23-21-19-17-15-12-8-2)50-55(49-44-48-54(5)6)53(56)52(10-4)47-41-13-9-3/h18-21,24-27,51-52H,7-17,22-23,28-50H2,1-6H3/b20-18-,21-19-,26-24-,27-25-. The van der Waals surface area contributed by atoms with Gasteiger partial charge in [-0.05, 0) is 123 Å². The van der Waals surface area contributed by atoms with Crippen LogP contribution in [0, 0.1) is 11.8 Å². The Morgan fingerprint density at radius 3 is 1.21 bits per heavy atom. The van der Waals surface area contributed by atoms with Gasteiger partial charge in [-0.1, -0.05) is 192 Å². The molecule has 0 aromatic heterocycles. The van der Waals surface area contributed by atoms with Crippen LogP contribution in [0.4, 0.5) is 0 Å². The van der Waals surface area contributed by atoms with E-state index < -0.39 is 0 Å². The highest BCUT2D eigenvalue weighted by atomic mass is 16.2. The summed E-state index contributed by atoms with van der Waals surface area (Å²) in [5.41, 5.74) is 0. The summed E-state index contributed by atoms with van der Waals surface area (Å²) in [6.07, 6.45) is 61.0. The normalized spacial score (nSPS) is 13.4. The van der Waals surface area contributed by atoms with Crippen molar-refractivity contribution in [2.75, 3.05) is 33.7 Å². The summed E-state index contributed by atoms with van der Waals surface area (Å²) in [5, 5.41) is 0. The lowest BCUT2D eigenvalue weighted by Crippen LogP contribution is -2.41. The molecule has 0 aromatic carbocycles. The number of rotatable bonds is 43. The van der Waals surface area contributed by atoms with E-state index in [1.807, 2.05) is 0 Å². The molecule has 0 radical (unpaired) electrons. The number of hydrogen-bond acceptors (Lipinski definition) is 2. The average molecular weight is 781 g/mol. The molecule has 0 heterocycles. The molecule has 0 aliphatic rings. The summed E-state index contributed by atoms with van der Waals surface area (Å²) in [6.45, 7) is 12.0. The van der Waals surface area contributed by atoms with Crippen molar-refractivity contribution in [1.82, 2.24) is 9.80 Å². The Balaban J connectivity index is 4.79. The maximum atomic E-state index is 14.0. The second-order valence-corrected chi connectivity index (χ2v) is 17.5. The quantitative estimate of drug-likeness (QED) is 0.0454. The van der Waals surface area contributed by atoms with Gasteiger partial charge < -0.3 is 9.80 Å². The molecule has 2 atom stereocenters. The second-order valence-electron chi connectivity index (χ2n) is 17.5. The van der Waals surface area contributed by atoms with Gasteiger partial charge in [0.25, 0.3) is 0 Å². The molecule has 0 rings (SSSR count). The van der Waals surface area contributed by atoms with Crippen LogP contribution >= 0.6 is 0 Å². The van der Waals surface area contributed by atoms with Crippen LogP contribution in [0.15, 0.2) is 48.6 Å². The maximum absolute atomic E-state index is 14.0. The van der Waals surface area contributed by atoms with E-state index in [4.69, 9.17) is 0 Å². The Morgan fingerprint density at radius 2 is 0.804 bits per heavy atom. The van der Waals surface area contributed by atoms with Crippen molar-refractivity contribution >= 4 is 5.91 Å². The van der Waals surface area contributed by atoms with Crippen LogP contribution in [0.1, 0.15) is 240 Å². The minimum Gasteiger partial charge on any atom is -0.342 e. The van der Waals surface area contributed by atoms with E-state index in [0.717, 1.165) is 51.7 Å². The minimum atomic E-state index is 0.205. The molecule has 328 valence electrons. The molecule has 0 bridgehead atoms. The number of carbonyl (C=O) groups excluding carboxylic acids is 1. The van der Waals surface area contributed by atoms with Crippen LogP contribution in [-0.4, -0.2) is 49.4 Å².